The molecule has 1 aromatic heterocycles. The molecule has 0 saturated carbocycles. The Hall–Kier alpha value is -1.55. The zero-order valence-electron chi connectivity index (χ0n) is 10.5. The third kappa shape index (κ3) is 2.64. The van der Waals surface area contributed by atoms with Crippen LogP contribution in [0.1, 0.15) is 28.8 Å². The lowest BCUT2D eigenvalue weighted by atomic mass is 10.1. The normalized spacial score (nSPS) is 10.4. The van der Waals surface area contributed by atoms with E-state index in [1.807, 2.05) is 38.1 Å². The number of benzene rings is 1. The van der Waals surface area contributed by atoms with E-state index in [1.165, 1.54) is 6.92 Å². The molecule has 0 fully saturated rings. The van der Waals surface area contributed by atoms with Gasteiger partial charge in [0.15, 0.2) is 11.6 Å². The van der Waals surface area contributed by atoms with E-state index in [-0.39, 0.29) is 11.6 Å². The molecule has 18 heavy (non-hydrogen) atoms. The first-order chi connectivity index (χ1) is 8.47. The van der Waals surface area contributed by atoms with Gasteiger partial charge in [-0.25, -0.2) is 9.97 Å². The largest absolute Gasteiger partial charge is 0.291 e. The summed E-state index contributed by atoms with van der Waals surface area (Å²) < 4.78 is 0.990. The van der Waals surface area contributed by atoms with Crippen LogP contribution in [0, 0.1) is 13.8 Å². The Morgan fingerprint density at radius 2 is 1.89 bits per heavy atom. The van der Waals surface area contributed by atoms with Gasteiger partial charge in [0.1, 0.15) is 0 Å². The Labute approximate surface area is 114 Å². The van der Waals surface area contributed by atoms with Gasteiger partial charge in [-0.2, -0.15) is 0 Å². The molecule has 0 aliphatic rings. The van der Waals surface area contributed by atoms with Crippen LogP contribution in [0.3, 0.4) is 0 Å². The van der Waals surface area contributed by atoms with Crippen molar-refractivity contribution in [2.45, 2.75) is 20.8 Å². The van der Waals surface area contributed by atoms with Gasteiger partial charge in [-0.05, 0) is 37.6 Å². The highest BCUT2D eigenvalue weighted by Gasteiger charge is 2.10. The first kappa shape index (κ1) is 12.9. The van der Waals surface area contributed by atoms with Crippen molar-refractivity contribution in [3.63, 3.8) is 0 Å². The lowest BCUT2D eigenvalue weighted by Crippen LogP contribution is -2.04. The highest BCUT2D eigenvalue weighted by Crippen LogP contribution is 2.25. The standard InChI is InChI=1S/C14H13BrN2O/c1-8-4-5-11(15)7-12(8)13-6-9(2)16-14(17-13)10(3)18/h4-7H,1-3H3. The van der Waals surface area contributed by atoms with E-state index in [2.05, 4.69) is 25.9 Å². The number of hydrogen-bond donors (Lipinski definition) is 0. The van der Waals surface area contributed by atoms with Crippen LogP contribution < -0.4 is 0 Å². The van der Waals surface area contributed by atoms with Crippen LogP contribution in [0.4, 0.5) is 0 Å². The monoisotopic (exact) mass is 304 g/mol. The summed E-state index contributed by atoms with van der Waals surface area (Å²) in [5.74, 6) is 0.150. The fourth-order valence-corrected chi connectivity index (χ4v) is 2.10. The summed E-state index contributed by atoms with van der Waals surface area (Å²) in [7, 11) is 0. The van der Waals surface area contributed by atoms with Crippen molar-refractivity contribution in [3.05, 3.63) is 45.8 Å². The number of nitrogens with zero attached hydrogens (tertiary/aromatic N) is 2. The Bertz CT molecular complexity index is 623. The van der Waals surface area contributed by atoms with Crippen molar-refractivity contribution in [1.29, 1.82) is 0 Å². The van der Waals surface area contributed by atoms with E-state index in [4.69, 9.17) is 0 Å². The zero-order chi connectivity index (χ0) is 13.3. The SMILES string of the molecule is CC(=O)c1nc(C)cc(-c2cc(Br)ccc2C)n1. The van der Waals surface area contributed by atoms with Crippen molar-refractivity contribution in [3.8, 4) is 11.3 Å². The van der Waals surface area contributed by atoms with Gasteiger partial charge < -0.3 is 0 Å². The molecule has 4 heteroatoms. The Morgan fingerprint density at radius 1 is 1.17 bits per heavy atom. The summed E-state index contributed by atoms with van der Waals surface area (Å²) in [6.07, 6.45) is 0. The maximum Gasteiger partial charge on any atom is 0.196 e. The van der Waals surface area contributed by atoms with Gasteiger partial charge >= 0.3 is 0 Å². The third-order valence-corrected chi connectivity index (χ3v) is 3.14. The van der Waals surface area contributed by atoms with Crippen LogP contribution in [-0.2, 0) is 0 Å². The fourth-order valence-electron chi connectivity index (χ4n) is 1.73. The zero-order valence-corrected chi connectivity index (χ0v) is 12.1. The second-order valence-electron chi connectivity index (χ2n) is 4.23. The predicted octanol–water partition coefficient (Wildman–Crippen LogP) is 3.73. The quantitative estimate of drug-likeness (QED) is 0.794. The minimum Gasteiger partial charge on any atom is -0.291 e. The van der Waals surface area contributed by atoms with Crippen LogP contribution in [0.5, 0.6) is 0 Å². The highest BCUT2D eigenvalue weighted by atomic mass is 79.9. The molecule has 0 radical (unpaired) electrons. The molecular formula is C14H13BrN2O. The smallest absolute Gasteiger partial charge is 0.196 e. The second kappa shape index (κ2) is 4.98. The lowest BCUT2D eigenvalue weighted by Gasteiger charge is -2.08. The predicted molar refractivity (Wildman–Crippen MR) is 74.6 cm³/mol. The number of hydrogen-bond acceptors (Lipinski definition) is 3. The number of carbonyl (C=O) groups is 1. The molecule has 2 aromatic rings. The van der Waals surface area contributed by atoms with Crippen molar-refractivity contribution >= 4 is 21.7 Å². The number of carbonyl (C=O) groups excluding carboxylic acids is 1. The fraction of sp³-hybridized carbons (Fsp3) is 0.214. The highest BCUT2D eigenvalue weighted by molar-refractivity contribution is 9.10. The molecule has 0 spiro atoms. The summed E-state index contributed by atoms with van der Waals surface area (Å²) in [5.41, 5.74) is 3.71. The van der Waals surface area contributed by atoms with Crippen LogP contribution in [0.15, 0.2) is 28.7 Å². The molecule has 0 aliphatic carbocycles. The summed E-state index contributed by atoms with van der Waals surface area (Å²) in [6.45, 7) is 5.36. The molecule has 0 saturated heterocycles. The maximum absolute atomic E-state index is 11.4. The number of Topliss-reactive ketones (excluding diaryl/α,β-unsaturated/α-hetero) is 1. The number of rotatable bonds is 2. The average Bonchev–Trinajstić information content (AvgIpc) is 2.31. The second-order valence-corrected chi connectivity index (χ2v) is 5.15. The van der Waals surface area contributed by atoms with Gasteiger partial charge in [-0.1, -0.05) is 22.0 Å². The van der Waals surface area contributed by atoms with Crippen molar-refractivity contribution in [2.75, 3.05) is 0 Å². The molecule has 1 heterocycles. The van der Waals surface area contributed by atoms with E-state index >= 15 is 0 Å². The van der Waals surface area contributed by atoms with Crippen LogP contribution in [0.25, 0.3) is 11.3 Å². The Balaban J connectivity index is 2.63. The number of aryl methyl sites for hydroxylation is 2. The van der Waals surface area contributed by atoms with E-state index in [0.717, 1.165) is 27.0 Å². The summed E-state index contributed by atoms with van der Waals surface area (Å²) in [4.78, 5) is 19.9. The Morgan fingerprint density at radius 3 is 2.56 bits per heavy atom. The minimum atomic E-state index is -0.118. The molecule has 3 nitrogen and oxygen atoms in total. The van der Waals surface area contributed by atoms with Gasteiger partial charge in [0.25, 0.3) is 0 Å². The van der Waals surface area contributed by atoms with E-state index in [0.29, 0.717) is 0 Å². The summed E-state index contributed by atoms with van der Waals surface area (Å²) >= 11 is 3.45. The Kier molecular flexibility index (Phi) is 3.57. The van der Waals surface area contributed by atoms with Crippen molar-refractivity contribution in [2.24, 2.45) is 0 Å². The van der Waals surface area contributed by atoms with Crippen LogP contribution in [-0.4, -0.2) is 15.8 Å². The summed E-state index contributed by atoms with van der Waals surface area (Å²) in [5, 5.41) is 0. The topological polar surface area (TPSA) is 42.9 Å². The molecule has 92 valence electrons. The molecule has 0 unspecified atom stereocenters. The van der Waals surface area contributed by atoms with Gasteiger partial charge in [0.2, 0.25) is 0 Å². The van der Waals surface area contributed by atoms with Gasteiger partial charge in [0, 0.05) is 22.7 Å². The molecule has 0 bridgehead atoms. The average molecular weight is 305 g/mol. The molecule has 0 amide bonds. The number of halogens is 1. The first-order valence-corrected chi connectivity index (χ1v) is 6.40. The maximum atomic E-state index is 11.4. The molecule has 0 N–H and O–H groups in total. The van der Waals surface area contributed by atoms with Gasteiger partial charge in [0.05, 0.1) is 5.69 Å². The third-order valence-electron chi connectivity index (χ3n) is 2.64. The van der Waals surface area contributed by atoms with Crippen LogP contribution in [0.2, 0.25) is 0 Å². The van der Waals surface area contributed by atoms with Crippen molar-refractivity contribution < 1.29 is 4.79 Å². The molecule has 2 rings (SSSR count). The van der Waals surface area contributed by atoms with Crippen LogP contribution >= 0.6 is 15.9 Å². The lowest BCUT2D eigenvalue weighted by molar-refractivity contribution is 0.100. The van der Waals surface area contributed by atoms with E-state index in [9.17, 15) is 4.79 Å². The molecule has 0 aliphatic heterocycles. The van der Waals surface area contributed by atoms with E-state index in [1.54, 1.807) is 0 Å². The van der Waals surface area contributed by atoms with Gasteiger partial charge in [-0.15, -0.1) is 0 Å². The summed E-state index contributed by atoms with van der Waals surface area (Å²) in [6, 6.07) is 7.89. The number of aromatic nitrogens is 2. The number of ketones is 1. The minimum absolute atomic E-state index is 0.118. The van der Waals surface area contributed by atoms with Gasteiger partial charge in [-0.3, -0.25) is 4.79 Å². The van der Waals surface area contributed by atoms with Crippen molar-refractivity contribution in [1.82, 2.24) is 9.97 Å². The van der Waals surface area contributed by atoms with E-state index < -0.39 is 0 Å². The molecular weight excluding hydrogens is 292 g/mol. The molecule has 1 aromatic carbocycles. The molecule has 0 atom stereocenters. The first-order valence-electron chi connectivity index (χ1n) is 5.60.